The third kappa shape index (κ3) is 8.17. The molecule has 3 N–H and O–H groups in total. The first-order valence-electron chi connectivity index (χ1n) is 8.48. The highest BCUT2D eigenvalue weighted by Crippen LogP contribution is 2.22. The lowest BCUT2D eigenvalue weighted by atomic mass is 10.1. The molecule has 0 atom stereocenters. The van der Waals surface area contributed by atoms with Crippen LogP contribution >= 0.6 is 35.7 Å². The van der Waals surface area contributed by atoms with Crippen molar-refractivity contribution in [3.05, 3.63) is 53.9 Å². The summed E-state index contributed by atoms with van der Waals surface area (Å²) in [5.74, 6) is 0.463. The average Bonchev–Trinajstić information content (AvgIpc) is 2.65. The first kappa shape index (κ1) is 23.2. The number of carbonyl (C=O) groups is 1. The first-order valence-corrected chi connectivity index (χ1v) is 9.70. The van der Waals surface area contributed by atoms with E-state index in [1.54, 1.807) is 36.3 Å². The molecule has 146 valence electrons. The van der Waals surface area contributed by atoms with Crippen LogP contribution in [0.1, 0.15) is 18.1 Å². The topological polar surface area (TPSA) is 78.4 Å². The fourth-order valence-corrected chi connectivity index (χ4v) is 2.99. The summed E-state index contributed by atoms with van der Waals surface area (Å²) in [5.41, 5.74) is 3.07. The first-order chi connectivity index (χ1) is 12.6. The van der Waals surface area contributed by atoms with Gasteiger partial charge in [0, 0.05) is 17.6 Å². The lowest BCUT2D eigenvalue weighted by Gasteiger charge is -2.12. The Hall–Kier alpha value is -1.81. The van der Waals surface area contributed by atoms with Crippen molar-refractivity contribution >= 4 is 53.3 Å². The molecule has 0 spiro atoms. The van der Waals surface area contributed by atoms with Crippen LogP contribution in [0.5, 0.6) is 0 Å². The Morgan fingerprint density at radius 1 is 1.26 bits per heavy atom. The number of amides is 1. The number of halogens is 1. The Morgan fingerprint density at radius 2 is 2.07 bits per heavy atom. The van der Waals surface area contributed by atoms with Gasteiger partial charge in [-0.15, -0.1) is 35.7 Å². The summed E-state index contributed by atoms with van der Waals surface area (Å²) in [7, 11) is 0. The second-order valence-electron chi connectivity index (χ2n) is 5.65. The Morgan fingerprint density at radius 3 is 2.74 bits per heavy atom. The zero-order valence-corrected chi connectivity index (χ0v) is 18.9. The molecule has 27 heavy (non-hydrogen) atoms. The molecule has 6 nitrogen and oxygen atoms in total. The Balaban J connectivity index is 0.00000364. The quantitative estimate of drug-likeness (QED) is 0.236. The van der Waals surface area contributed by atoms with E-state index < -0.39 is 0 Å². The van der Waals surface area contributed by atoms with Crippen LogP contribution in [0.2, 0.25) is 0 Å². The highest BCUT2D eigenvalue weighted by Gasteiger charge is 2.06. The molecule has 0 saturated carbocycles. The smallest absolute Gasteiger partial charge is 0.243 e. The number of aryl methyl sites for hydroxylation is 1. The van der Waals surface area contributed by atoms with Crippen molar-refractivity contribution in [2.45, 2.75) is 25.3 Å². The van der Waals surface area contributed by atoms with Crippen LogP contribution in [-0.4, -0.2) is 36.2 Å². The molecule has 2 aromatic rings. The molecule has 2 rings (SSSR count). The average molecular weight is 499 g/mol. The minimum atomic E-state index is -0.149. The summed E-state index contributed by atoms with van der Waals surface area (Å²) in [6.07, 6.45) is 5.34. The highest BCUT2D eigenvalue weighted by atomic mass is 127. The van der Waals surface area contributed by atoms with E-state index in [4.69, 9.17) is 0 Å². The number of aromatic nitrogens is 1. The molecule has 0 aliphatic heterocycles. The number of anilines is 1. The van der Waals surface area contributed by atoms with Crippen LogP contribution in [0.25, 0.3) is 0 Å². The van der Waals surface area contributed by atoms with Crippen molar-refractivity contribution in [2.24, 2.45) is 4.99 Å². The minimum absolute atomic E-state index is 0. The fraction of sp³-hybridized carbons (Fsp3) is 0.316. The summed E-state index contributed by atoms with van der Waals surface area (Å²) in [6, 6.07) is 9.93. The van der Waals surface area contributed by atoms with Crippen LogP contribution in [0.15, 0.2) is 52.6 Å². The monoisotopic (exact) mass is 499 g/mol. The Bertz CT molecular complexity index is 755. The molecule has 1 aromatic carbocycles. The number of guanidine groups is 1. The van der Waals surface area contributed by atoms with Crippen molar-refractivity contribution in [1.82, 2.24) is 15.6 Å². The molecule has 1 amide bonds. The van der Waals surface area contributed by atoms with Crippen molar-refractivity contribution in [2.75, 3.05) is 24.7 Å². The van der Waals surface area contributed by atoms with Crippen LogP contribution in [0.4, 0.5) is 5.69 Å². The van der Waals surface area contributed by atoms with Crippen molar-refractivity contribution in [1.29, 1.82) is 0 Å². The van der Waals surface area contributed by atoms with Gasteiger partial charge in [-0.3, -0.25) is 9.78 Å². The number of rotatable bonds is 7. The van der Waals surface area contributed by atoms with E-state index in [9.17, 15) is 4.79 Å². The largest absolute Gasteiger partial charge is 0.357 e. The number of benzene rings is 1. The van der Waals surface area contributed by atoms with Crippen LogP contribution in [-0.2, 0) is 11.3 Å². The SMILES string of the molecule is CCNC(=NCc1ccc(C)cc1SC)NCC(=O)Nc1cccnc1.I. The van der Waals surface area contributed by atoms with Crippen molar-refractivity contribution < 1.29 is 4.79 Å². The molecule has 0 fully saturated rings. The maximum atomic E-state index is 12.0. The summed E-state index contributed by atoms with van der Waals surface area (Å²) in [4.78, 5) is 21.8. The van der Waals surface area contributed by atoms with Gasteiger partial charge in [0.15, 0.2) is 5.96 Å². The summed E-state index contributed by atoms with van der Waals surface area (Å²) in [6.45, 7) is 5.48. The van der Waals surface area contributed by atoms with E-state index >= 15 is 0 Å². The van der Waals surface area contributed by atoms with Gasteiger partial charge in [-0.05, 0) is 49.4 Å². The zero-order valence-electron chi connectivity index (χ0n) is 15.8. The lowest BCUT2D eigenvalue weighted by Crippen LogP contribution is -2.41. The predicted molar refractivity (Wildman–Crippen MR) is 124 cm³/mol. The lowest BCUT2D eigenvalue weighted by molar-refractivity contribution is -0.115. The maximum absolute atomic E-state index is 12.0. The number of pyridine rings is 1. The summed E-state index contributed by atoms with van der Waals surface area (Å²) >= 11 is 1.71. The zero-order chi connectivity index (χ0) is 18.8. The highest BCUT2D eigenvalue weighted by molar-refractivity contribution is 14.0. The van der Waals surface area contributed by atoms with Crippen molar-refractivity contribution in [3.8, 4) is 0 Å². The van der Waals surface area contributed by atoms with Gasteiger partial charge in [-0.1, -0.05) is 12.1 Å². The van der Waals surface area contributed by atoms with E-state index in [0.717, 1.165) is 6.54 Å². The molecule has 0 saturated heterocycles. The Labute approximate surface area is 182 Å². The Kier molecular flexibility index (Phi) is 10.8. The number of thioether (sulfide) groups is 1. The van der Waals surface area contributed by atoms with Crippen LogP contribution in [0.3, 0.4) is 0 Å². The number of nitrogens with one attached hydrogen (secondary N) is 3. The summed E-state index contributed by atoms with van der Waals surface area (Å²) in [5, 5.41) is 9.01. The van der Waals surface area contributed by atoms with Gasteiger partial charge in [0.05, 0.1) is 25.0 Å². The predicted octanol–water partition coefficient (Wildman–Crippen LogP) is 3.42. The molecule has 0 bridgehead atoms. The van der Waals surface area contributed by atoms with Gasteiger partial charge < -0.3 is 16.0 Å². The van der Waals surface area contributed by atoms with Gasteiger partial charge in [0.25, 0.3) is 0 Å². The van der Waals surface area contributed by atoms with E-state index in [2.05, 4.69) is 57.3 Å². The van der Waals surface area contributed by atoms with Gasteiger partial charge >= 0.3 is 0 Å². The number of carbonyl (C=O) groups excluding carboxylic acids is 1. The van der Waals surface area contributed by atoms with Crippen LogP contribution in [0, 0.1) is 6.92 Å². The standard InChI is InChI=1S/C19H25N5OS.HI/c1-4-21-19(22-11-15-8-7-14(2)10-17(15)26-3)23-13-18(25)24-16-6-5-9-20-12-16;/h5-10,12H,4,11,13H2,1-3H3,(H,24,25)(H2,21,22,23);1H. The second kappa shape index (κ2) is 12.6. The van der Waals surface area contributed by atoms with E-state index in [-0.39, 0.29) is 36.4 Å². The van der Waals surface area contributed by atoms with Gasteiger partial charge in [-0.2, -0.15) is 0 Å². The van der Waals surface area contributed by atoms with Crippen molar-refractivity contribution in [3.63, 3.8) is 0 Å². The van der Waals surface area contributed by atoms with Gasteiger partial charge in [0.1, 0.15) is 0 Å². The van der Waals surface area contributed by atoms with E-state index in [1.807, 2.05) is 6.92 Å². The molecule has 0 aliphatic rings. The molecular formula is C19H26IN5OS. The van der Waals surface area contributed by atoms with Gasteiger partial charge in [0.2, 0.25) is 5.91 Å². The molecule has 0 aliphatic carbocycles. The molecular weight excluding hydrogens is 473 g/mol. The normalized spacial score (nSPS) is 10.7. The molecule has 1 aromatic heterocycles. The second-order valence-corrected chi connectivity index (χ2v) is 6.50. The van der Waals surface area contributed by atoms with E-state index in [0.29, 0.717) is 18.2 Å². The number of hydrogen-bond acceptors (Lipinski definition) is 4. The minimum Gasteiger partial charge on any atom is -0.357 e. The molecule has 0 unspecified atom stereocenters. The summed E-state index contributed by atoms with van der Waals surface area (Å²) < 4.78 is 0. The number of nitrogens with zero attached hydrogens (tertiary/aromatic N) is 2. The third-order valence-corrected chi connectivity index (χ3v) is 4.38. The number of aliphatic imine (C=N–C) groups is 1. The molecule has 1 heterocycles. The number of hydrogen-bond donors (Lipinski definition) is 3. The van der Waals surface area contributed by atoms with Gasteiger partial charge in [-0.25, -0.2) is 4.99 Å². The third-order valence-electron chi connectivity index (χ3n) is 3.56. The van der Waals surface area contributed by atoms with E-state index in [1.165, 1.54) is 16.0 Å². The fourth-order valence-electron chi connectivity index (χ4n) is 2.29. The maximum Gasteiger partial charge on any atom is 0.243 e. The molecule has 8 heteroatoms. The van der Waals surface area contributed by atoms with Crippen LogP contribution < -0.4 is 16.0 Å². The molecule has 0 radical (unpaired) electrons.